The largest absolute Gasteiger partial charge is 0.495 e. The molecule has 1 aromatic heterocycles. The van der Waals surface area contributed by atoms with Crippen molar-refractivity contribution in [3.63, 3.8) is 0 Å². The molecule has 2 aromatic rings. The van der Waals surface area contributed by atoms with Crippen LogP contribution in [0, 0.1) is 13.8 Å². The molecule has 144 valence electrons. The maximum absolute atomic E-state index is 12.9. The number of hydrogen-bond acceptors (Lipinski definition) is 6. The third-order valence-corrected chi connectivity index (χ3v) is 4.78. The molecule has 1 aromatic carbocycles. The second-order valence-corrected chi connectivity index (χ2v) is 6.74. The normalized spacial score (nSPS) is 14.9. The van der Waals surface area contributed by atoms with Crippen molar-refractivity contribution in [3.8, 4) is 5.75 Å². The second kappa shape index (κ2) is 8.35. The van der Waals surface area contributed by atoms with Crippen LogP contribution < -0.4 is 10.1 Å². The Kier molecular flexibility index (Phi) is 5.91. The number of anilines is 2. The van der Waals surface area contributed by atoms with Gasteiger partial charge in [0.05, 0.1) is 12.8 Å². The number of carbonyl (C=O) groups excluding carboxylic acids is 1. The van der Waals surface area contributed by atoms with Crippen LogP contribution in [-0.2, 0) is 0 Å². The molecule has 7 heteroatoms. The van der Waals surface area contributed by atoms with E-state index in [1.54, 1.807) is 20.1 Å². The van der Waals surface area contributed by atoms with E-state index in [-0.39, 0.29) is 5.91 Å². The minimum absolute atomic E-state index is 0.0458. The molecule has 0 spiro atoms. The Bertz CT molecular complexity index is 816. The van der Waals surface area contributed by atoms with Crippen molar-refractivity contribution < 1.29 is 9.53 Å². The summed E-state index contributed by atoms with van der Waals surface area (Å²) in [5.74, 6) is 1.82. The van der Waals surface area contributed by atoms with Gasteiger partial charge < -0.3 is 19.9 Å². The van der Waals surface area contributed by atoms with Crippen LogP contribution in [0.1, 0.15) is 28.8 Å². The molecule has 7 nitrogen and oxygen atoms in total. The maximum atomic E-state index is 12.9. The lowest BCUT2D eigenvalue weighted by atomic mass is 10.2. The third kappa shape index (κ3) is 4.54. The summed E-state index contributed by atoms with van der Waals surface area (Å²) in [5, 5.41) is 3.26. The fourth-order valence-corrected chi connectivity index (χ4v) is 3.23. The Morgan fingerprint density at radius 1 is 1.15 bits per heavy atom. The SMILES string of the molecule is CCN1CCN(C(=O)c2cc(Nc3cc(C)ccc3OC)nc(C)n2)CC1. The molecule has 1 N–H and O–H groups in total. The van der Waals surface area contributed by atoms with Gasteiger partial charge in [0.25, 0.3) is 5.91 Å². The summed E-state index contributed by atoms with van der Waals surface area (Å²) in [6.45, 7) is 10.2. The van der Waals surface area contributed by atoms with Crippen molar-refractivity contribution in [2.45, 2.75) is 20.8 Å². The Morgan fingerprint density at radius 2 is 1.89 bits per heavy atom. The summed E-state index contributed by atoms with van der Waals surface area (Å²) in [4.78, 5) is 25.9. The van der Waals surface area contributed by atoms with E-state index < -0.39 is 0 Å². The quantitative estimate of drug-likeness (QED) is 0.874. The number of benzene rings is 1. The molecule has 1 saturated heterocycles. The first kappa shape index (κ1) is 19.1. The molecular weight excluding hydrogens is 342 g/mol. The van der Waals surface area contributed by atoms with Crippen molar-refractivity contribution in [3.05, 3.63) is 41.3 Å². The molecule has 0 atom stereocenters. The average Bonchev–Trinajstić information content (AvgIpc) is 2.67. The molecule has 1 fully saturated rings. The highest BCUT2D eigenvalue weighted by Crippen LogP contribution is 2.28. The number of nitrogens with one attached hydrogen (secondary N) is 1. The summed E-state index contributed by atoms with van der Waals surface area (Å²) >= 11 is 0. The van der Waals surface area contributed by atoms with Crippen LogP contribution in [0.25, 0.3) is 0 Å². The molecule has 1 amide bonds. The first-order chi connectivity index (χ1) is 13.0. The van der Waals surface area contributed by atoms with Gasteiger partial charge in [0.2, 0.25) is 0 Å². The van der Waals surface area contributed by atoms with Crippen LogP contribution in [0.5, 0.6) is 5.75 Å². The van der Waals surface area contributed by atoms with Crippen molar-refractivity contribution in [1.29, 1.82) is 0 Å². The highest BCUT2D eigenvalue weighted by molar-refractivity contribution is 5.93. The highest BCUT2D eigenvalue weighted by Gasteiger charge is 2.23. The Morgan fingerprint density at radius 3 is 2.56 bits per heavy atom. The summed E-state index contributed by atoms with van der Waals surface area (Å²) in [6.07, 6.45) is 0. The Hall–Kier alpha value is -2.67. The van der Waals surface area contributed by atoms with E-state index >= 15 is 0 Å². The number of methoxy groups -OCH3 is 1. The van der Waals surface area contributed by atoms with Gasteiger partial charge in [-0.2, -0.15) is 0 Å². The third-order valence-electron chi connectivity index (χ3n) is 4.78. The average molecular weight is 369 g/mol. The number of ether oxygens (including phenoxy) is 1. The summed E-state index contributed by atoms with van der Waals surface area (Å²) in [6, 6.07) is 7.59. The number of aryl methyl sites for hydroxylation is 2. The first-order valence-corrected chi connectivity index (χ1v) is 9.29. The van der Waals surface area contributed by atoms with Crippen molar-refractivity contribution in [2.24, 2.45) is 0 Å². The monoisotopic (exact) mass is 369 g/mol. The molecule has 0 unspecified atom stereocenters. The number of aromatic nitrogens is 2. The molecule has 3 rings (SSSR count). The number of piperazine rings is 1. The lowest BCUT2D eigenvalue weighted by Gasteiger charge is -2.33. The van der Waals surface area contributed by atoms with Gasteiger partial charge in [-0.3, -0.25) is 4.79 Å². The number of carbonyl (C=O) groups is 1. The summed E-state index contributed by atoms with van der Waals surface area (Å²) in [5.41, 5.74) is 2.33. The van der Waals surface area contributed by atoms with Gasteiger partial charge in [-0.25, -0.2) is 9.97 Å². The molecule has 2 heterocycles. The minimum atomic E-state index is -0.0458. The van der Waals surface area contributed by atoms with Crippen molar-refractivity contribution in [2.75, 3.05) is 45.2 Å². The molecule has 0 bridgehead atoms. The molecule has 0 radical (unpaired) electrons. The van der Waals surface area contributed by atoms with Gasteiger partial charge in [-0.05, 0) is 38.1 Å². The van der Waals surface area contributed by atoms with E-state index in [1.807, 2.05) is 30.0 Å². The van der Waals surface area contributed by atoms with Gasteiger partial charge in [0, 0.05) is 32.2 Å². The van der Waals surface area contributed by atoms with Crippen molar-refractivity contribution in [1.82, 2.24) is 19.8 Å². The van der Waals surface area contributed by atoms with Gasteiger partial charge in [-0.1, -0.05) is 13.0 Å². The topological polar surface area (TPSA) is 70.6 Å². The zero-order valence-electron chi connectivity index (χ0n) is 16.5. The lowest BCUT2D eigenvalue weighted by Crippen LogP contribution is -2.48. The zero-order chi connectivity index (χ0) is 19.4. The van der Waals surface area contributed by atoms with E-state index in [9.17, 15) is 4.79 Å². The van der Waals surface area contributed by atoms with Crippen molar-refractivity contribution >= 4 is 17.4 Å². The van der Waals surface area contributed by atoms with E-state index in [0.29, 0.717) is 17.3 Å². The van der Waals surface area contributed by atoms with Gasteiger partial charge >= 0.3 is 0 Å². The first-order valence-electron chi connectivity index (χ1n) is 9.29. The predicted octanol–water partition coefficient (Wildman–Crippen LogP) is 2.62. The van der Waals surface area contributed by atoms with Gasteiger partial charge in [0.15, 0.2) is 0 Å². The van der Waals surface area contributed by atoms with E-state index in [2.05, 4.69) is 27.1 Å². The van der Waals surface area contributed by atoms with E-state index in [0.717, 1.165) is 49.7 Å². The smallest absolute Gasteiger partial charge is 0.272 e. The predicted molar refractivity (Wildman–Crippen MR) is 106 cm³/mol. The van der Waals surface area contributed by atoms with Crippen LogP contribution in [-0.4, -0.2) is 65.5 Å². The summed E-state index contributed by atoms with van der Waals surface area (Å²) < 4.78 is 5.41. The van der Waals surface area contributed by atoms with Crippen LogP contribution in [0.3, 0.4) is 0 Å². The Labute approximate surface area is 160 Å². The number of hydrogen-bond donors (Lipinski definition) is 1. The molecular formula is C20H27N5O2. The van der Waals surface area contributed by atoms with Crippen LogP contribution in [0.4, 0.5) is 11.5 Å². The fraction of sp³-hybridized carbons (Fsp3) is 0.450. The second-order valence-electron chi connectivity index (χ2n) is 6.74. The van der Waals surface area contributed by atoms with Gasteiger partial charge in [-0.15, -0.1) is 0 Å². The number of nitrogens with zero attached hydrogens (tertiary/aromatic N) is 4. The standard InChI is InChI=1S/C20H27N5O2/c1-5-24-8-10-25(11-9-24)20(26)17-13-19(22-15(3)21-17)23-16-12-14(2)6-7-18(16)27-4/h6-7,12-13H,5,8-11H2,1-4H3,(H,21,22,23). The zero-order valence-corrected chi connectivity index (χ0v) is 16.5. The molecule has 1 aliphatic heterocycles. The molecule has 0 saturated carbocycles. The number of amides is 1. The highest BCUT2D eigenvalue weighted by atomic mass is 16.5. The van der Waals surface area contributed by atoms with Crippen LogP contribution >= 0.6 is 0 Å². The Balaban J connectivity index is 1.80. The van der Waals surface area contributed by atoms with Crippen LogP contribution in [0.2, 0.25) is 0 Å². The lowest BCUT2D eigenvalue weighted by molar-refractivity contribution is 0.0637. The minimum Gasteiger partial charge on any atom is -0.495 e. The summed E-state index contributed by atoms with van der Waals surface area (Å²) in [7, 11) is 1.63. The molecule has 1 aliphatic rings. The number of likely N-dealkylation sites (N-methyl/N-ethyl adjacent to an activating group) is 1. The van der Waals surface area contributed by atoms with E-state index in [4.69, 9.17) is 4.74 Å². The van der Waals surface area contributed by atoms with Gasteiger partial charge in [0.1, 0.15) is 23.1 Å². The van der Waals surface area contributed by atoms with Crippen LogP contribution in [0.15, 0.2) is 24.3 Å². The fourth-order valence-electron chi connectivity index (χ4n) is 3.23. The maximum Gasteiger partial charge on any atom is 0.272 e. The number of rotatable bonds is 5. The molecule has 27 heavy (non-hydrogen) atoms. The van der Waals surface area contributed by atoms with E-state index in [1.165, 1.54) is 0 Å². The molecule has 0 aliphatic carbocycles.